The van der Waals surface area contributed by atoms with Crippen molar-refractivity contribution in [2.24, 2.45) is 18.7 Å². The van der Waals surface area contributed by atoms with Gasteiger partial charge in [0.1, 0.15) is 11.2 Å². The normalized spacial score (nSPS) is 18.8. The van der Waals surface area contributed by atoms with Crippen LogP contribution in [0.25, 0.3) is 22.0 Å². The number of carbonyl (C=O) groups is 1. The molecular formula is C20H18F3N5O2. The number of benzene rings is 1. The molecule has 30 heavy (non-hydrogen) atoms. The molecule has 3 aromatic rings. The third-order valence-corrected chi connectivity index (χ3v) is 5.43. The van der Waals surface area contributed by atoms with E-state index >= 15 is 0 Å². The number of aryl methyl sites for hydroxylation is 1. The highest BCUT2D eigenvalue weighted by molar-refractivity contribution is 5.98. The van der Waals surface area contributed by atoms with Crippen molar-refractivity contribution < 1.29 is 18.0 Å². The molecular weight excluding hydrogens is 399 g/mol. The molecule has 1 aromatic carbocycles. The molecule has 10 heteroatoms. The Balaban J connectivity index is 1.81. The van der Waals surface area contributed by atoms with Crippen LogP contribution in [0.1, 0.15) is 18.4 Å². The summed E-state index contributed by atoms with van der Waals surface area (Å²) in [5.74, 6) is -0.502. The third-order valence-electron chi connectivity index (χ3n) is 5.43. The molecule has 0 radical (unpaired) electrons. The van der Waals surface area contributed by atoms with Gasteiger partial charge in [-0.15, -0.1) is 0 Å². The van der Waals surface area contributed by atoms with Crippen molar-refractivity contribution >= 4 is 22.6 Å². The molecule has 0 saturated heterocycles. The van der Waals surface area contributed by atoms with E-state index in [0.29, 0.717) is 29.5 Å². The van der Waals surface area contributed by atoms with Crippen molar-refractivity contribution in [2.45, 2.75) is 25.1 Å². The van der Waals surface area contributed by atoms with Crippen LogP contribution in [0.15, 0.2) is 41.6 Å². The number of carbonyl (C=O) groups excluding carboxylic acids is 1. The molecule has 2 heterocycles. The number of fused-ring (bicyclic) bond motifs is 1. The molecule has 3 N–H and O–H groups in total. The van der Waals surface area contributed by atoms with E-state index in [9.17, 15) is 22.8 Å². The second kappa shape index (κ2) is 7.12. The highest BCUT2D eigenvalue weighted by Gasteiger charge is 2.36. The van der Waals surface area contributed by atoms with E-state index in [2.05, 4.69) is 15.3 Å². The van der Waals surface area contributed by atoms with Gasteiger partial charge in [0.05, 0.1) is 23.3 Å². The van der Waals surface area contributed by atoms with E-state index in [0.717, 1.165) is 12.1 Å². The maximum absolute atomic E-state index is 12.9. The third kappa shape index (κ3) is 3.38. The summed E-state index contributed by atoms with van der Waals surface area (Å²) < 4.78 is 39.9. The predicted molar refractivity (Wildman–Crippen MR) is 105 cm³/mol. The maximum atomic E-state index is 12.9. The average Bonchev–Trinajstić information content (AvgIpc) is 2.66. The summed E-state index contributed by atoms with van der Waals surface area (Å²) in [4.78, 5) is 33.0. The largest absolute Gasteiger partial charge is 0.416 e. The molecule has 0 spiro atoms. The number of alkyl halides is 3. The Morgan fingerprint density at radius 2 is 1.90 bits per heavy atom. The molecule has 0 aliphatic heterocycles. The fourth-order valence-electron chi connectivity index (χ4n) is 3.56. The second-order valence-corrected chi connectivity index (χ2v) is 7.32. The van der Waals surface area contributed by atoms with E-state index in [1.165, 1.54) is 29.2 Å². The first kappa shape index (κ1) is 19.9. The monoisotopic (exact) mass is 417 g/mol. The van der Waals surface area contributed by atoms with Crippen molar-refractivity contribution in [3.63, 3.8) is 0 Å². The van der Waals surface area contributed by atoms with Gasteiger partial charge >= 0.3 is 6.18 Å². The zero-order chi connectivity index (χ0) is 21.6. The SMILES string of the molecule is Cn1cnc2c(-c3ccc(C(F)(F)F)cc3)cnc(NC3CC[C@H]3C(N)=O)c2c1=O. The standard InChI is InChI=1S/C20H18F3N5O2/c1-28-9-26-16-13(10-2-4-11(5-3-10)20(21,22)23)8-25-18(15(16)19(28)30)27-14-7-6-12(14)17(24)29/h2-5,8-9,12,14H,6-7H2,1H3,(H2,24,29)(H,25,27)/t12-,14?/m1/s1. The molecule has 0 bridgehead atoms. The van der Waals surface area contributed by atoms with Gasteiger partial charge in [-0.3, -0.25) is 9.59 Å². The number of hydrogen-bond donors (Lipinski definition) is 2. The fourth-order valence-corrected chi connectivity index (χ4v) is 3.56. The number of anilines is 1. The molecule has 2 atom stereocenters. The molecule has 1 aliphatic carbocycles. The van der Waals surface area contributed by atoms with Crippen LogP contribution < -0.4 is 16.6 Å². The van der Waals surface area contributed by atoms with E-state index < -0.39 is 17.6 Å². The summed E-state index contributed by atoms with van der Waals surface area (Å²) in [6.45, 7) is 0. The highest BCUT2D eigenvalue weighted by Crippen LogP contribution is 2.35. The lowest BCUT2D eigenvalue weighted by molar-refractivity contribution is -0.137. The van der Waals surface area contributed by atoms with E-state index in [1.807, 2.05) is 0 Å². The fraction of sp³-hybridized carbons (Fsp3) is 0.300. The smallest absolute Gasteiger partial charge is 0.369 e. The molecule has 2 aromatic heterocycles. The zero-order valence-corrected chi connectivity index (χ0v) is 15.9. The van der Waals surface area contributed by atoms with Crippen LogP contribution in [0.5, 0.6) is 0 Å². The van der Waals surface area contributed by atoms with Gasteiger partial charge in [0, 0.05) is 24.8 Å². The lowest BCUT2D eigenvalue weighted by atomic mass is 9.79. The minimum absolute atomic E-state index is 0.201. The quantitative estimate of drug-likeness (QED) is 0.680. The molecule has 1 fully saturated rings. The lowest BCUT2D eigenvalue weighted by Gasteiger charge is -2.35. The van der Waals surface area contributed by atoms with Crippen LogP contribution in [-0.4, -0.2) is 26.5 Å². The molecule has 1 saturated carbocycles. The van der Waals surface area contributed by atoms with Crippen molar-refractivity contribution in [1.29, 1.82) is 0 Å². The van der Waals surface area contributed by atoms with Gasteiger partial charge in [0.25, 0.3) is 5.56 Å². The molecule has 1 amide bonds. The number of hydrogen-bond acceptors (Lipinski definition) is 5. The van der Waals surface area contributed by atoms with E-state index in [1.54, 1.807) is 7.05 Å². The Bertz CT molecular complexity index is 1190. The van der Waals surface area contributed by atoms with Gasteiger partial charge in [0.2, 0.25) is 5.91 Å². The molecule has 156 valence electrons. The summed E-state index contributed by atoms with van der Waals surface area (Å²) >= 11 is 0. The lowest BCUT2D eigenvalue weighted by Crippen LogP contribution is -2.46. The predicted octanol–water partition coefficient (Wildman–Crippen LogP) is 2.69. The average molecular weight is 417 g/mol. The molecule has 4 rings (SSSR count). The number of nitrogens with two attached hydrogens (primary N) is 1. The first-order valence-corrected chi connectivity index (χ1v) is 9.24. The van der Waals surface area contributed by atoms with E-state index in [-0.39, 0.29) is 28.7 Å². The Labute approximate surface area is 168 Å². The summed E-state index contributed by atoms with van der Waals surface area (Å²) in [5, 5.41) is 3.32. The molecule has 1 unspecified atom stereocenters. The van der Waals surface area contributed by atoms with Gasteiger partial charge in [0.15, 0.2) is 0 Å². The van der Waals surface area contributed by atoms with Crippen LogP contribution in [0, 0.1) is 5.92 Å². The van der Waals surface area contributed by atoms with Crippen LogP contribution in [0.4, 0.5) is 19.0 Å². The van der Waals surface area contributed by atoms with Crippen molar-refractivity contribution in [1.82, 2.24) is 14.5 Å². The van der Waals surface area contributed by atoms with Crippen LogP contribution in [0.2, 0.25) is 0 Å². The zero-order valence-electron chi connectivity index (χ0n) is 15.9. The topological polar surface area (TPSA) is 103 Å². The number of primary amides is 1. The van der Waals surface area contributed by atoms with Gasteiger partial charge in [-0.25, -0.2) is 9.97 Å². The summed E-state index contributed by atoms with van der Waals surface area (Å²) in [6, 6.07) is 4.35. The maximum Gasteiger partial charge on any atom is 0.416 e. The first-order valence-electron chi connectivity index (χ1n) is 9.24. The number of nitrogens with one attached hydrogen (secondary N) is 1. The van der Waals surface area contributed by atoms with E-state index in [4.69, 9.17) is 5.73 Å². The number of aromatic nitrogens is 3. The van der Waals surface area contributed by atoms with Crippen molar-refractivity contribution in [3.05, 3.63) is 52.7 Å². The minimum atomic E-state index is -4.44. The Kier molecular flexibility index (Phi) is 4.71. The van der Waals surface area contributed by atoms with Crippen molar-refractivity contribution in [3.8, 4) is 11.1 Å². The van der Waals surface area contributed by atoms with Crippen LogP contribution >= 0.6 is 0 Å². The van der Waals surface area contributed by atoms with Gasteiger partial charge in [-0.1, -0.05) is 12.1 Å². The Morgan fingerprint density at radius 1 is 1.20 bits per heavy atom. The molecule has 7 nitrogen and oxygen atoms in total. The Morgan fingerprint density at radius 3 is 2.47 bits per heavy atom. The molecule has 1 aliphatic rings. The summed E-state index contributed by atoms with van der Waals surface area (Å²) in [5.41, 5.74) is 5.45. The first-order chi connectivity index (χ1) is 14.2. The summed E-state index contributed by atoms with van der Waals surface area (Å²) in [6.07, 6.45) is -0.279. The van der Waals surface area contributed by atoms with Crippen LogP contribution in [-0.2, 0) is 18.0 Å². The number of halogens is 3. The van der Waals surface area contributed by atoms with Gasteiger partial charge < -0.3 is 15.6 Å². The number of pyridine rings is 1. The number of rotatable bonds is 4. The number of amides is 1. The van der Waals surface area contributed by atoms with Crippen molar-refractivity contribution in [2.75, 3.05) is 5.32 Å². The minimum Gasteiger partial charge on any atom is -0.369 e. The number of nitrogens with zero attached hydrogens (tertiary/aromatic N) is 3. The Hall–Kier alpha value is -3.43. The highest BCUT2D eigenvalue weighted by atomic mass is 19.4. The summed E-state index contributed by atoms with van der Waals surface area (Å²) in [7, 11) is 1.54. The second-order valence-electron chi connectivity index (χ2n) is 7.32. The van der Waals surface area contributed by atoms with Gasteiger partial charge in [-0.2, -0.15) is 13.2 Å². The van der Waals surface area contributed by atoms with Gasteiger partial charge in [-0.05, 0) is 30.5 Å². The van der Waals surface area contributed by atoms with Crippen LogP contribution in [0.3, 0.4) is 0 Å².